The third-order valence-electron chi connectivity index (χ3n) is 6.65. The van der Waals surface area contributed by atoms with E-state index in [-0.39, 0.29) is 18.2 Å². The van der Waals surface area contributed by atoms with Crippen molar-refractivity contribution in [3.63, 3.8) is 0 Å². The fourth-order valence-corrected chi connectivity index (χ4v) is 6.23. The van der Waals surface area contributed by atoms with Crippen LogP contribution in [0.5, 0.6) is 5.88 Å². The van der Waals surface area contributed by atoms with Crippen molar-refractivity contribution in [1.82, 2.24) is 15.0 Å². The molecule has 0 amide bonds. The Hall–Kier alpha value is -3.45. The number of ether oxygens (including phenoxy) is 2. The van der Waals surface area contributed by atoms with Crippen LogP contribution in [0.1, 0.15) is 24.0 Å². The lowest BCUT2D eigenvalue weighted by Gasteiger charge is -2.48. The van der Waals surface area contributed by atoms with Crippen LogP contribution in [0.15, 0.2) is 48.8 Å². The van der Waals surface area contributed by atoms with Gasteiger partial charge in [0, 0.05) is 12.8 Å². The maximum Gasteiger partial charge on any atom is 0.221 e. The summed E-state index contributed by atoms with van der Waals surface area (Å²) in [6.07, 6.45) is 3.14. The highest BCUT2D eigenvalue weighted by molar-refractivity contribution is 7.22. The van der Waals surface area contributed by atoms with Crippen molar-refractivity contribution in [3.8, 4) is 11.9 Å². The monoisotopic (exact) mass is 518 g/mol. The number of piperidine rings is 1. The standard InChI is InChI=1S/C26H23ClN6O2S/c1-15-24(31-21-7-6-16(11-28)8-20(21)27)29-14-30-25(15)35-19-9-17-12-34-13-18(10-19)33(17)26-32-22-4-2-3-5-23(22)36-26/h2-8,14,17-19H,9-10,12-13H2,1H3,(H,29,30,31)/t17-,18+,19?. The van der Waals surface area contributed by atoms with Crippen LogP contribution >= 0.6 is 22.9 Å². The molecule has 36 heavy (non-hydrogen) atoms. The summed E-state index contributed by atoms with van der Waals surface area (Å²) in [6.45, 7) is 3.23. The molecule has 2 aromatic heterocycles. The summed E-state index contributed by atoms with van der Waals surface area (Å²) in [7, 11) is 0. The van der Waals surface area contributed by atoms with Gasteiger partial charge in [0.15, 0.2) is 5.13 Å². The molecule has 1 unspecified atom stereocenters. The molecule has 182 valence electrons. The molecule has 6 rings (SSSR count). The van der Waals surface area contributed by atoms with E-state index in [0.29, 0.717) is 41.2 Å². The fourth-order valence-electron chi connectivity index (χ4n) is 4.89. The summed E-state index contributed by atoms with van der Waals surface area (Å²) >= 11 is 8.08. The van der Waals surface area contributed by atoms with Gasteiger partial charge in [-0.05, 0) is 37.3 Å². The van der Waals surface area contributed by atoms with Crippen LogP contribution in [0, 0.1) is 18.3 Å². The van der Waals surface area contributed by atoms with Gasteiger partial charge in [-0.15, -0.1) is 0 Å². The Kier molecular flexibility index (Phi) is 6.09. The number of thiazole rings is 1. The molecule has 0 spiro atoms. The molecule has 2 fully saturated rings. The maximum atomic E-state index is 9.07. The van der Waals surface area contributed by atoms with Gasteiger partial charge in [-0.3, -0.25) is 0 Å². The summed E-state index contributed by atoms with van der Waals surface area (Å²) in [4.78, 5) is 16.1. The second-order valence-electron chi connectivity index (χ2n) is 9.01. The second-order valence-corrected chi connectivity index (χ2v) is 10.4. The van der Waals surface area contributed by atoms with E-state index in [1.165, 1.54) is 11.0 Å². The van der Waals surface area contributed by atoms with Gasteiger partial charge in [0.2, 0.25) is 5.88 Å². The van der Waals surface area contributed by atoms with Crippen LogP contribution in [-0.2, 0) is 4.74 Å². The summed E-state index contributed by atoms with van der Waals surface area (Å²) in [5, 5.41) is 13.8. The summed E-state index contributed by atoms with van der Waals surface area (Å²) in [6, 6.07) is 15.8. The molecular weight excluding hydrogens is 496 g/mol. The number of nitrogens with one attached hydrogen (secondary N) is 1. The molecule has 0 saturated carbocycles. The second kappa shape index (κ2) is 9.54. The van der Waals surface area contributed by atoms with Gasteiger partial charge in [0.05, 0.1) is 63.4 Å². The Morgan fingerprint density at radius 2 is 1.97 bits per heavy atom. The molecule has 4 heterocycles. The Morgan fingerprint density at radius 1 is 1.17 bits per heavy atom. The van der Waals surface area contributed by atoms with Gasteiger partial charge in [0.25, 0.3) is 0 Å². The first-order chi connectivity index (χ1) is 17.6. The van der Waals surface area contributed by atoms with Crippen molar-refractivity contribution < 1.29 is 9.47 Å². The molecule has 1 N–H and O–H groups in total. The van der Waals surface area contributed by atoms with Crippen molar-refractivity contribution in [1.29, 1.82) is 5.26 Å². The minimum atomic E-state index is 0.00878. The van der Waals surface area contributed by atoms with E-state index in [4.69, 9.17) is 31.3 Å². The predicted octanol–water partition coefficient (Wildman–Crippen LogP) is 5.48. The first-order valence-corrected chi connectivity index (χ1v) is 12.9. The molecule has 8 nitrogen and oxygen atoms in total. The zero-order chi connectivity index (χ0) is 24.6. The molecule has 2 aliphatic rings. The van der Waals surface area contributed by atoms with Crippen LogP contribution < -0.4 is 15.0 Å². The largest absolute Gasteiger partial charge is 0.474 e. The topological polar surface area (TPSA) is 96.2 Å². The van der Waals surface area contributed by atoms with E-state index in [9.17, 15) is 0 Å². The van der Waals surface area contributed by atoms with Gasteiger partial charge in [-0.1, -0.05) is 35.1 Å². The number of aromatic nitrogens is 3. The molecular formula is C26H23ClN6O2S. The molecule has 2 saturated heterocycles. The molecule has 3 atom stereocenters. The van der Waals surface area contributed by atoms with Crippen molar-refractivity contribution in [2.75, 3.05) is 23.4 Å². The zero-order valence-corrected chi connectivity index (χ0v) is 21.1. The van der Waals surface area contributed by atoms with Gasteiger partial charge in [-0.2, -0.15) is 5.26 Å². The highest BCUT2D eigenvalue weighted by Gasteiger charge is 2.41. The summed E-state index contributed by atoms with van der Waals surface area (Å²) < 4.78 is 13.6. The number of anilines is 3. The van der Waals surface area contributed by atoms with Gasteiger partial charge in [0.1, 0.15) is 18.2 Å². The average molecular weight is 519 g/mol. The lowest BCUT2D eigenvalue weighted by Crippen LogP contribution is -2.59. The normalized spacial score (nSPS) is 21.2. The summed E-state index contributed by atoms with van der Waals surface area (Å²) in [5.41, 5.74) is 3.00. The van der Waals surface area contributed by atoms with Crippen molar-refractivity contribution >= 4 is 49.8 Å². The predicted molar refractivity (Wildman–Crippen MR) is 140 cm³/mol. The fraction of sp³-hybridized carbons (Fsp3) is 0.308. The van der Waals surface area contributed by atoms with Crippen LogP contribution in [0.4, 0.5) is 16.6 Å². The molecule has 0 aliphatic carbocycles. The SMILES string of the molecule is Cc1c(Nc2ccc(C#N)cc2Cl)ncnc1OC1C[C@H]2COC[C@@H](C1)N2c1nc2ccccc2s1. The van der Waals surface area contributed by atoms with E-state index in [1.54, 1.807) is 29.5 Å². The molecule has 2 aliphatic heterocycles. The van der Waals surface area contributed by atoms with Crippen molar-refractivity contribution in [3.05, 3.63) is 64.9 Å². The number of nitriles is 1. The molecule has 2 bridgehead atoms. The number of para-hydroxylation sites is 1. The van der Waals surface area contributed by atoms with Gasteiger partial charge < -0.3 is 19.7 Å². The first kappa shape index (κ1) is 23.0. The molecule has 0 radical (unpaired) electrons. The third-order valence-corrected chi connectivity index (χ3v) is 8.01. The zero-order valence-electron chi connectivity index (χ0n) is 19.5. The van der Waals surface area contributed by atoms with Gasteiger partial charge >= 0.3 is 0 Å². The van der Waals surface area contributed by atoms with E-state index in [2.05, 4.69) is 44.5 Å². The molecule has 10 heteroatoms. The smallest absolute Gasteiger partial charge is 0.221 e. The van der Waals surface area contributed by atoms with Crippen LogP contribution in [0.25, 0.3) is 10.2 Å². The number of hydrogen-bond donors (Lipinski definition) is 1. The Morgan fingerprint density at radius 3 is 2.72 bits per heavy atom. The number of rotatable bonds is 5. The number of halogens is 1. The quantitative estimate of drug-likeness (QED) is 0.371. The number of fused-ring (bicyclic) bond motifs is 3. The highest BCUT2D eigenvalue weighted by atomic mass is 35.5. The van der Waals surface area contributed by atoms with Crippen LogP contribution in [-0.4, -0.2) is 46.4 Å². The Bertz CT molecular complexity index is 1420. The van der Waals surface area contributed by atoms with E-state index in [1.807, 2.05) is 13.0 Å². The number of benzene rings is 2. The first-order valence-electron chi connectivity index (χ1n) is 11.8. The van der Waals surface area contributed by atoms with E-state index >= 15 is 0 Å². The van der Waals surface area contributed by atoms with Crippen LogP contribution in [0.2, 0.25) is 5.02 Å². The molecule has 4 aromatic rings. The minimum absolute atomic E-state index is 0.00878. The minimum Gasteiger partial charge on any atom is -0.474 e. The Balaban J connectivity index is 1.20. The average Bonchev–Trinajstić information content (AvgIpc) is 3.31. The lowest BCUT2D eigenvalue weighted by molar-refractivity contribution is 0.00757. The Labute approximate surface area is 217 Å². The maximum absolute atomic E-state index is 9.07. The summed E-state index contributed by atoms with van der Waals surface area (Å²) in [5.74, 6) is 1.16. The van der Waals surface area contributed by atoms with E-state index < -0.39 is 0 Å². The lowest BCUT2D eigenvalue weighted by atomic mass is 9.92. The van der Waals surface area contributed by atoms with E-state index in [0.717, 1.165) is 29.1 Å². The highest BCUT2D eigenvalue weighted by Crippen LogP contribution is 2.39. The number of nitrogens with zero attached hydrogens (tertiary/aromatic N) is 5. The van der Waals surface area contributed by atoms with Crippen molar-refractivity contribution in [2.45, 2.75) is 38.0 Å². The van der Waals surface area contributed by atoms with Crippen LogP contribution in [0.3, 0.4) is 0 Å². The third kappa shape index (κ3) is 4.32. The van der Waals surface area contributed by atoms with Crippen molar-refractivity contribution in [2.24, 2.45) is 0 Å². The number of morpholine rings is 1. The number of hydrogen-bond acceptors (Lipinski definition) is 9. The molecule has 2 aromatic carbocycles. The van der Waals surface area contributed by atoms with Gasteiger partial charge in [-0.25, -0.2) is 15.0 Å².